The van der Waals surface area contributed by atoms with Crippen LogP contribution in [0.4, 0.5) is 8.78 Å². The molecule has 0 aliphatic rings. The first-order valence-corrected chi connectivity index (χ1v) is 5.43. The number of ether oxygens (including phenoxy) is 1. The topological polar surface area (TPSA) is 33.0 Å². The number of halogens is 4. The molecular weight excluding hydrogens is 336 g/mol. The van der Waals surface area contributed by atoms with E-state index in [1.54, 1.807) is 6.07 Å². The van der Waals surface area contributed by atoms with E-state index in [0.717, 1.165) is 0 Å². The Bertz CT molecular complexity index is 404. The van der Waals surface area contributed by atoms with E-state index in [2.05, 4.69) is 36.6 Å². The van der Waals surface area contributed by atoms with E-state index >= 15 is 0 Å². The molecule has 0 aliphatic heterocycles. The third-order valence-corrected chi connectivity index (χ3v) is 2.94. The van der Waals surface area contributed by atoms with Crippen molar-refractivity contribution in [2.24, 2.45) is 0 Å². The van der Waals surface area contributed by atoms with E-state index in [4.69, 9.17) is 5.26 Å². The Morgan fingerprint density at radius 3 is 2.53 bits per heavy atom. The van der Waals surface area contributed by atoms with Crippen LogP contribution in [-0.4, -0.2) is 6.61 Å². The fraction of sp³-hybridized carbons (Fsp3) is 0.222. The second-order valence-corrected chi connectivity index (χ2v) is 4.30. The largest absolute Gasteiger partial charge is 0.434 e. The van der Waals surface area contributed by atoms with Gasteiger partial charge in [-0.2, -0.15) is 14.0 Å². The highest BCUT2D eigenvalue weighted by atomic mass is 79.9. The van der Waals surface area contributed by atoms with Crippen LogP contribution < -0.4 is 4.74 Å². The number of alkyl halides is 2. The fourth-order valence-electron chi connectivity index (χ4n) is 0.977. The van der Waals surface area contributed by atoms with Gasteiger partial charge in [0.15, 0.2) is 0 Å². The number of benzene rings is 1. The molecular formula is C9H5Br2F2NO. The summed E-state index contributed by atoms with van der Waals surface area (Å²) in [5.41, 5.74) is 0.714. The molecule has 0 unspecified atom stereocenters. The maximum Gasteiger partial charge on any atom is 0.387 e. The summed E-state index contributed by atoms with van der Waals surface area (Å²) in [4.78, 5) is 0. The zero-order valence-corrected chi connectivity index (χ0v) is 10.5. The average Bonchev–Trinajstić information content (AvgIpc) is 2.13. The molecule has 0 saturated carbocycles. The minimum absolute atomic E-state index is 0.0403. The summed E-state index contributed by atoms with van der Waals surface area (Å²) in [7, 11) is 0. The molecule has 1 aromatic carbocycles. The Balaban J connectivity index is 3.03. The van der Waals surface area contributed by atoms with Crippen LogP contribution in [0.25, 0.3) is 0 Å². The van der Waals surface area contributed by atoms with Gasteiger partial charge >= 0.3 is 6.61 Å². The predicted molar refractivity (Wildman–Crippen MR) is 57.8 cm³/mol. The zero-order valence-electron chi connectivity index (χ0n) is 7.31. The van der Waals surface area contributed by atoms with Gasteiger partial charge in [0.05, 0.1) is 17.0 Å². The Labute approximate surface area is 102 Å². The Kier molecular flexibility index (Phi) is 4.48. The molecule has 0 fully saturated rings. The summed E-state index contributed by atoms with van der Waals surface area (Å²) in [5, 5.41) is 8.51. The molecule has 0 aromatic heterocycles. The minimum Gasteiger partial charge on any atom is -0.434 e. The molecule has 0 bridgehead atoms. The van der Waals surface area contributed by atoms with Crippen molar-refractivity contribution in [1.29, 1.82) is 5.26 Å². The van der Waals surface area contributed by atoms with E-state index in [9.17, 15) is 8.78 Å². The lowest BCUT2D eigenvalue weighted by Gasteiger charge is -2.09. The van der Waals surface area contributed by atoms with Gasteiger partial charge in [-0.25, -0.2) is 0 Å². The molecule has 80 valence electrons. The van der Waals surface area contributed by atoms with Crippen molar-refractivity contribution >= 4 is 31.9 Å². The van der Waals surface area contributed by atoms with Crippen LogP contribution in [0.1, 0.15) is 5.56 Å². The summed E-state index contributed by atoms with van der Waals surface area (Å²) in [6.45, 7) is -2.87. The summed E-state index contributed by atoms with van der Waals surface area (Å²) < 4.78 is 29.2. The number of nitrogens with zero attached hydrogens (tertiary/aromatic N) is 1. The summed E-state index contributed by atoms with van der Waals surface area (Å²) in [6.07, 6.45) is 0.203. The molecule has 1 aromatic rings. The number of nitriles is 1. The fourth-order valence-corrected chi connectivity index (χ4v) is 1.92. The normalized spacial score (nSPS) is 10.1. The molecule has 0 radical (unpaired) electrons. The van der Waals surface area contributed by atoms with Crippen LogP contribution in [-0.2, 0) is 6.42 Å². The van der Waals surface area contributed by atoms with Crippen molar-refractivity contribution in [1.82, 2.24) is 0 Å². The highest BCUT2D eigenvalue weighted by Crippen LogP contribution is 2.32. The average molecular weight is 341 g/mol. The lowest BCUT2D eigenvalue weighted by molar-refractivity contribution is -0.0504. The van der Waals surface area contributed by atoms with Crippen molar-refractivity contribution in [2.45, 2.75) is 13.0 Å². The van der Waals surface area contributed by atoms with Crippen LogP contribution >= 0.6 is 31.9 Å². The van der Waals surface area contributed by atoms with Gasteiger partial charge in [-0.05, 0) is 33.6 Å². The highest BCUT2D eigenvalue weighted by Gasteiger charge is 2.11. The van der Waals surface area contributed by atoms with E-state index < -0.39 is 6.61 Å². The molecule has 0 N–H and O–H groups in total. The van der Waals surface area contributed by atoms with Gasteiger partial charge in [0.2, 0.25) is 0 Å². The quantitative estimate of drug-likeness (QED) is 0.836. The molecule has 2 nitrogen and oxygen atoms in total. The van der Waals surface area contributed by atoms with E-state index in [-0.39, 0.29) is 12.2 Å². The van der Waals surface area contributed by atoms with Crippen molar-refractivity contribution in [3.05, 3.63) is 26.6 Å². The summed E-state index contributed by atoms with van der Waals surface area (Å²) >= 11 is 6.27. The van der Waals surface area contributed by atoms with Gasteiger partial charge in [-0.3, -0.25) is 0 Å². The zero-order chi connectivity index (χ0) is 11.4. The van der Waals surface area contributed by atoms with Gasteiger partial charge in [0, 0.05) is 4.47 Å². The molecule has 0 atom stereocenters. The second kappa shape index (κ2) is 5.42. The second-order valence-electron chi connectivity index (χ2n) is 2.59. The highest BCUT2D eigenvalue weighted by molar-refractivity contribution is 9.11. The first kappa shape index (κ1) is 12.4. The van der Waals surface area contributed by atoms with Gasteiger partial charge in [-0.1, -0.05) is 15.9 Å². The van der Waals surface area contributed by atoms with Crippen molar-refractivity contribution in [3.63, 3.8) is 0 Å². The Hall–Kier alpha value is -0.670. The maximum atomic E-state index is 12.0. The van der Waals surface area contributed by atoms with E-state index in [1.807, 2.05) is 6.07 Å². The minimum atomic E-state index is -2.87. The molecule has 0 amide bonds. The molecule has 0 aliphatic carbocycles. The summed E-state index contributed by atoms with van der Waals surface area (Å²) in [6, 6.07) is 4.95. The molecule has 15 heavy (non-hydrogen) atoms. The van der Waals surface area contributed by atoms with E-state index in [0.29, 0.717) is 14.5 Å². The first-order valence-electron chi connectivity index (χ1n) is 3.84. The molecule has 0 saturated heterocycles. The smallest absolute Gasteiger partial charge is 0.387 e. The molecule has 0 heterocycles. The van der Waals surface area contributed by atoms with Crippen LogP contribution in [0.3, 0.4) is 0 Å². The Morgan fingerprint density at radius 1 is 1.33 bits per heavy atom. The standard InChI is InChI=1S/C9H5Br2F2NO/c10-6-4-8(15-9(12)13)7(11)3-5(6)1-2-14/h3-4,9H,1H2. The molecule has 6 heteroatoms. The lowest BCUT2D eigenvalue weighted by atomic mass is 10.2. The number of hydrogen-bond acceptors (Lipinski definition) is 2. The Morgan fingerprint density at radius 2 is 2.00 bits per heavy atom. The van der Waals surface area contributed by atoms with Crippen molar-refractivity contribution in [2.75, 3.05) is 0 Å². The predicted octanol–water partition coefficient (Wildman–Crippen LogP) is 3.88. The van der Waals surface area contributed by atoms with Gasteiger partial charge in [0.25, 0.3) is 0 Å². The van der Waals surface area contributed by atoms with Crippen LogP contribution in [0.15, 0.2) is 21.1 Å². The third-order valence-electron chi connectivity index (χ3n) is 1.59. The number of hydrogen-bond donors (Lipinski definition) is 0. The summed E-state index contributed by atoms with van der Waals surface area (Å²) in [5.74, 6) is 0.0403. The van der Waals surface area contributed by atoms with Crippen LogP contribution in [0.2, 0.25) is 0 Å². The van der Waals surface area contributed by atoms with Gasteiger partial charge in [-0.15, -0.1) is 0 Å². The van der Waals surface area contributed by atoms with Crippen LogP contribution in [0.5, 0.6) is 5.75 Å². The molecule has 0 spiro atoms. The first-order chi connectivity index (χ1) is 7.04. The lowest BCUT2D eigenvalue weighted by Crippen LogP contribution is -2.03. The SMILES string of the molecule is N#CCc1cc(Br)c(OC(F)F)cc1Br. The van der Waals surface area contributed by atoms with Crippen molar-refractivity contribution < 1.29 is 13.5 Å². The van der Waals surface area contributed by atoms with Crippen molar-refractivity contribution in [3.8, 4) is 11.8 Å². The maximum absolute atomic E-state index is 12.0. The monoisotopic (exact) mass is 339 g/mol. The van der Waals surface area contributed by atoms with E-state index in [1.165, 1.54) is 6.07 Å². The van der Waals surface area contributed by atoms with Crippen LogP contribution in [0, 0.1) is 11.3 Å². The molecule has 1 rings (SSSR count). The third kappa shape index (κ3) is 3.43. The number of rotatable bonds is 3. The van der Waals surface area contributed by atoms with Gasteiger partial charge < -0.3 is 4.74 Å². The van der Waals surface area contributed by atoms with Gasteiger partial charge in [0.1, 0.15) is 5.75 Å².